The van der Waals surface area contributed by atoms with E-state index in [-0.39, 0.29) is 5.41 Å². The van der Waals surface area contributed by atoms with Crippen molar-refractivity contribution in [2.45, 2.75) is 25.2 Å². The van der Waals surface area contributed by atoms with Gasteiger partial charge in [-0.3, -0.25) is 4.79 Å². The lowest BCUT2D eigenvalue weighted by atomic mass is 9.80. The highest BCUT2D eigenvalue weighted by molar-refractivity contribution is 6.04. The molecule has 0 saturated carbocycles. The molecule has 0 unspecified atom stereocenters. The van der Waals surface area contributed by atoms with Crippen LogP contribution in [0.2, 0.25) is 0 Å². The van der Waals surface area contributed by atoms with Crippen molar-refractivity contribution in [3.63, 3.8) is 0 Å². The molecule has 1 saturated heterocycles. The highest BCUT2D eigenvalue weighted by Gasteiger charge is 2.36. The summed E-state index contributed by atoms with van der Waals surface area (Å²) in [5.41, 5.74) is 6.89. The van der Waals surface area contributed by atoms with Crippen LogP contribution in [0.25, 0.3) is 11.0 Å². The van der Waals surface area contributed by atoms with Gasteiger partial charge >= 0.3 is 6.09 Å². The fraction of sp³-hybridized carbons (Fsp3) is 0.400. The smallest absolute Gasteiger partial charge is 0.407 e. The third-order valence-electron chi connectivity index (χ3n) is 4.49. The van der Waals surface area contributed by atoms with Gasteiger partial charge < -0.3 is 20.7 Å². The maximum Gasteiger partial charge on any atom is 0.407 e. The number of hydrogen-bond acceptors (Lipinski definition) is 3. The number of carboxylic acid groups (broad SMARTS) is 1. The number of nitrogens with two attached hydrogens (primary N) is 1. The number of nitrogens with zero attached hydrogens (tertiary/aromatic N) is 2. The third-order valence-corrected chi connectivity index (χ3v) is 4.49. The van der Waals surface area contributed by atoms with Gasteiger partial charge in [-0.05, 0) is 25.0 Å². The topological polar surface area (TPSA) is 112 Å². The molecule has 116 valence electrons. The Kier molecular flexibility index (Phi) is 3.27. The summed E-state index contributed by atoms with van der Waals surface area (Å²) >= 11 is 0. The zero-order valence-electron chi connectivity index (χ0n) is 12.3. The molecule has 1 aliphatic rings. The van der Waals surface area contributed by atoms with Crippen LogP contribution in [0.1, 0.15) is 35.9 Å². The Morgan fingerprint density at radius 1 is 1.36 bits per heavy atom. The number of aromatic nitrogens is 2. The number of para-hydroxylation sites is 1. The van der Waals surface area contributed by atoms with Gasteiger partial charge in [0.2, 0.25) is 0 Å². The largest absolute Gasteiger partial charge is 0.465 e. The predicted octanol–water partition coefficient (Wildman–Crippen LogP) is 1.69. The van der Waals surface area contributed by atoms with Crippen molar-refractivity contribution >= 4 is 23.0 Å². The molecule has 0 atom stereocenters. The summed E-state index contributed by atoms with van der Waals surface area (Å²) in [5, 5.41) is 9.04. The SMILES string of the molecule is CC1(c2nc3c(C(N)=O)cccc3[nH]2)CCN(C(=O)O)CC1. The number of H-pyrrole nitrogens is 1. The van der Waals surface area contributed by atoms with E-state index >= 15 is 0 Å². The Bertz CT molecular complexity index is 744. The van der Waals surface area contributed by atoms with E-state index in [1.807, 2.05) is 6.07 Å². The lowest BCUT2D eigenvalue weighted by molar-refractivity contribution is 0.100. The van der Waals surface area contributed by atoms with Gasteiger partial charge in [-0.1, -0.05) is 13.0 Å². The molecule has 4 N–H and O–H groups in total. The maximum atomic E-state index is 11.5. The van der Waals surface area contributed by atoms with Crippen LogP contribution in [0.5, 0.6) is 0 Å². The van der Waals surface area contributed by atoms with Crippen molar-refractivity contribution in [3.05, 3.63) is 29.6 Å². The number of fused-ring (bicyclic) bond motifs is 1. The van der Waals surface area contributed by atoms with E-state index in [2.05, 4.69) is 16.9 Å². The molecule has 0 bridgehead atoms. The van der Waals surface area contributed by atoms with Crippen LogP contribution in [-0.2, 0) is 5.41 Å². The molecular formula is C15H18N4O3. The summed E-state index contributed by atoms with van der Waals surface area (Å²) in [6.07, 6.45) is 0.485. The van der Waals surface area contributed by atoms with Gasteiger partial charge in [-0.15, -0.1) is 0 Å². The number of carbonyl (C=O) groups is 2. The van der Waals surface area contributed by atoms with Crippen molar-refractivity contribution in [3.8, 4) is 0 Å². The normalized spacial score (nSPS) is 17.6. The van der Waals surface area contributed by atoms with Gasteiger partial charge in [0.15, 0.2) is 0 Å². The molecule has 1 aliphatic heterocycles. The molecule has 22 heavy (non-hydrogen) atoms. The molecule has 3 rings (SSSR count). The number of imidazole rings is 1. The lowest BCUT2D eigenvalue weighted by Gasteiger charge is -2.36. The summed E-state index contributed by atoms with van der Waals surface area (Å²) in [6.45, 7) is 3.02. The monoisotopic (exact) mass is 302 g/mol. The molecule has 1 aromatic carbocycles. The quantitative estimate of drug-likeness (QED) is 0.783. The first kappa shape index (κ1) is 14.4. The predicted molar refractivity (Wildman–Crippen MR) is 80.8 cm³/mol. The lowest BCUT2D eigenvalue weighted by Crippen LogP contribution is -2.43. The van der Waals surface area contributed by atoms with E-state index < -0.39 is 12.0 Å². The molecular weight excluding hydrogens is 284 g/mol. The number of likely N-dealkylation sites (tertiary alicyclic amines) is 1. The molecule has 7 nitrogen and oxygen atoms in total. The summed E-state index contributed by atoms with van der Waals surface area (Å²) in [7, 11) is 0. The number of hydrogen-bond donors (Lipinski definition) is 3. The minimum absolute atomic E-state index is 0.236. The molecule has 2 aromatic rings. The van der Waals surface area contributed by atoms with Crippen LogP contribution in [0.3, 0.4) is 0 Å². The van der Waals surface area contributed by atoms with E-state index in [1.165, 1.54) is 4.90 Å². The molecule has 2 heterocycles. The van der Waals surface area contributed by atoms with Crippen molar-refractivity contribution in [2.75, 3.05) is 13.1 Å². The number of benzene rings is 1. The first-order valence-electron chi connectivity index (χ1n) is 7.17. The number of amides is 2. The van der Waals surface area contributed by atoms with Gasteiger partial charge in [0, 0.05) is 18.5 Å². The second-order valence-electron chi connectivity index (χ2n) is 5.98. The zero-order valence-corrected chi connectivity index (χ0v) is 12.3. The maximum absolute atomic E-state index is 11.5. The van der Waals surface area contributed by atoms with E-state index in [0.29, 0.717) is 37.0 Å². The molecule has 1 fully saturated rings. The average Bonchev–Trinajstić information content (AvgIpc) is 2.92. The second kappa shape index (κ2) is 5.01. The van der Waals surface area contributed by atoms with Gasteiger partial charge in [0.1, 0.15) is 11.3 Å². The number of piperidine rings is 1. The molecule has 0 spiro atoms. The first-order valence-corrected chi connectivity index (χ1v) is 7.17. The van der Waals surface area contributed by atoms with Crippen molar-refractivity contribution in [1.82, 2.24) is 14.9 Å². The van der Waals surface area contributed by atoms with Crippen LogP contribution in [0, 0.1) is 0 Å². The summed E-state index contributed by atoms with van der Waals surface area (Å²) in [5.74, 6) is 0.274. The summed E-state index contributed by atoms with van der Waals surface area (Å²) in [4.78, 5) is 31.8. The van der Waals surface area contributed by atoms with Crippen LogP contribution < -0.4 is 5.73 Å². The van der Waals surface area contributed by atoms with E-state index in [0.717, 1.165) is 11.3 Å². The van der Waals surface area contributed by atoms with E-state index in [1.54, 1.807) is 12.1 Å². The Labute approximate surface area is 127 Å². The van der Waals surface area contributed by atoms with Gasteiger partial charge in [-0.2, -0.15) is 0 Å². The van der Waals surface area contributed by atoms with Crippen molar-refractivity contribution < 1.29 is 14.7 Å². The van der Waals surface area contributed by atoms with Crippen molar-refractivity contribution in [2.24, 2.45) is 5.73 Å². The third kappa shape index (κ3) is 2.28. The van der Waals surface area contributed by atoms with Gasteiger partial charge in [-0.25, -0.2) is 9.78 Å². The molecule has 0 radical (unpaired) electrons. The molecule has 7 heteroatoms. The van der Waals surface area contributed by atoms with Crippen LogP contribution >= 0.6 is 0 Å². The Morgan fingerprint density at radius 3 is 2.64 bits per heavy atom. The minimum atomic E-state index is -0.886. The van der Waals surface area contributed by atoms with E-state index in [4.69, 9.17) is 10.8 Å². The number of nitrogens with one attached hydrogen (secondary N) is 1. The van der Waals surface area contributed by atoms with Gasteiger partial charge in [0.05, 0.1) is 11.1 Å². The fourth-order valence-corrected chi connectivity index (χ4v) is 2.95. The van der Waals surface area contributed by atoms with Crippen molar-refractivity contribution in [1.29, 1.82) is 0 Å². The van der Waals surface area contributed by atoms with Crippen LogP contribution in [0.4, 0.5) is 4.79 Å². The number of aromatic amines is 1. The second-order valence-corrected chi connectivity index (χ2v) is 5.98. The zero-order chi connectivity index (χ0) is 15.9. The molecule has 0 aliphatic carbocycles. The standard InChI is InChI=1S/C15H18N4O3/c1-15(5-7-19(8-6-15)14(21)22)13-17-10-4-2-3-9(12(16)20)11(10)18-13/h2-4H,5-8H2,1H3,(H2,16,20)(H,17,18)(H,21,22). The Morgan fingerprint density at radius 2 is 2.05 bits per heavy atom. The first-order chi connectivity index (χ1) is 10.4. The molecule has 2 amide bonds. The van der Waals surface area contributed by atoms with Gasteiger partial charge in [0.25, 0.3) is 5.91 Å². The average molecular weight is 302 g/mol. The van der Waals surface area contributed by atoms with E-state index in [9.17, 15) is 9.59 Å². The fourth-order valence-electron chi connectivity index (χ4n) is 2.95. The number of carbonyl (C=O) groups excluding carboxylic acids is 1. The summed E-state index contributed by atoms with van der Waals surface area (Å²) < 4.78 is 0. The highest BCUT2D eigenvalue weighted by atomic mass is 16.4. The van der Waals surface area contributed by atoms with Crippen LogP contribution in [0.15, 0.2) is 18.2 Å². The Balaban J connectivity index is 1.95. The number of primary amides is 1. The molecule has 1 aromatic heterocycles. The number of rotatable bonds is 2. The highest BCUT2D eigenvalue weighted by Crippen LogP contribution is 2.34. The van der Waals surface area contributed by atoms with Crippen LogP contribution in [-0.4, -0.2) is 45.1 Å². The minimum Gasteiger partial charge on any atom is -0.465 e. The summed E-state index contributed by atoms with van der Waals surface area (Å²) in [6, 6.07) is 5.28. The Hall–Kier alpha value is -2.57.